The van der Waals surface area contributed by atoms with Gasteiger partial charge in [0.1, 0.15) is 5.02 Å². The lowest BCUT2D eigenvalue weighted by Crippen LogP contribution is -2.24. The summed E-state index contributed by atoms with van der Waals surface area (Å²) < 4.78 is 0. The van der Waals surface area contributed by atoms with Gasteiger partial charge in [0.15, 0.2) is 5.82 Å². The van der Waals surface area contributed by atoms with Crippen LogP contribution in [0.5, 0.6) is 0 Å². The second-order valence-electron chi connectivity index (χ2n) is 4.87. The summed E-state index contributed by atoms with van der Waals surface area (Å²) in [5, 5.41) is 4.03. The van der Waals surface area contributed by atoms with Crippen molar-refractivity contribution in [2.24, 2.45) is 0 Å². The summed E-state index contributed by atoms with van der Waals surface area (Å²) in [6, 6.07) is 5.43. The normalized spacial score (nSPS) is 13.8. The molecule has 0 unspecified atom stereocenters. The van der Waals surface area contributed by atoms with Crippen LogP contribution in [0.25, 0.3) is 0 Å². The fraction of sp³-hybridized carbons (Fsp3) is 0.214. The molecule has 0 aliphatic heterocycles. The molecule has 22 heavy (non-hydrogen) atoms. The summed E-state index contributed by atoms with van der Waals surface area (Å²) in [6.45, 7) is 0. The molecular formula is C14H11Cl3N4O. The predicted octanol–water partition coefficient (Wildman–Crippen LogP) is 4.31. The van der Waals surface area contributed by atoms with E-state index in [-0.39, 0.29) is 11.3 Å². The third-order valence-corrected chi connectivity index (χ3v) is 3.95. The highest BCUT2D eigenvalue weighted by Crippen LogP contribution is 2.38. The Morgan fingerprint density at radius 1 is 1.27 bits per heavy atom. The van der Waals surface area contributed by atoms with E-state index in [0.29, 0.717) is 27.2 Å². The number of anilines is 3. The molecule has 1 saturated carbocycles. The van der Waals surface area contributed by atoms with E-state index in [1.54, 1.807) is 23.1 Å². The molecule has 1 aliphatic rings. The van der Waals surface area contributed by atoms with Gasteiger partial charge < -0.3 is 10.2 Å². The maximum Gasteiger partial charge on any atom is 0.224 e. The summed E-state index contributed by atoms with van der Waals surface area (Å²) in [5.41, 5.74) is 1.34. The van der Waals surface area contributed by atoms with E-state index in [1.807, 2.05) is 0 Å². The highest BCUT2D eigenvalue weighted by molar-refractivity contribution is 6.34. The van der Waals surface area contributed by atoms with E-state index in [1.165, 1.54) is 6.20 Å². The molecule has 5 nitrogen and oxygen atoms in total. The average Bonchev–Trinajstić information content (AvgIpc) is 3.31. The van der Waals surface area contributed by atoms with Crippen LogP contribution in [0.3, 0.4) is 0 Å². The molecular weight excluding hydrogens is 347 g/mol. The van der Waals surface area contributed by atoms with Crippen LogP contribution in [0.4, 0.5) is 17.2 Å². The van der Waals surface area contributed by atoms with Gasteiger partial charge in [-0.3, -0.25) is 4.79 Å². The van der Waals surface area contributed by atoms with Crippen molar-refractivity contribution in [1.29, 1.82) is 0 Å². The topological polar surface area (TPSA) is 58.1 Å². The van der Waals surface area contributed by atoms with Crippen LogP contribution >= 0.6 is 34.8 Å². The molecule has 1 aromatic heterocycles. The van der Waals surface area contributed by atoms with Gasteiger partial charge >= 0.3 is 0 Å². The minimum absolute atomic E-state index is 0.0804. The lowest BCUT2D eigenvalue weighted by atomic mass is 10.2. The van der Waals surface area contributed by atoms with Crippen molar-refractivity contribution in [3.05, 3.63) is 39.7 Å². The first-order valence-corrected chi connectivity index (χ1v) is 7.70. The van der Waals surface area contributed by atoms with Gasteiger partial charge in [0.05, 0.1) is 17.6 Å². The van der Waals surface area contributed by atoms with E-state index in [2.05, 4.69) is 15.3 Å². The first kappa shape index (κ1) is 15.3. The van der Waals surface area contributed by atoms with Crippen LogP contribution in [0, 0.1) is 0 Å². The number of halogens is 3. The van der Waals surface area contributed by atoms with E-state index < -0.39 is 0 Å². The summed E-state index contributed by atoms with van der Waals surface area (Å²) in [7, 11) is 0. The number of aromatic nitrogens is 2. The van der Waals surface area contributed by atoms with E-state index >= 15 is 0 Å². The molecule has 1 aromatic carbocycles. The zero-order valence-electron chi connectivity index (χ0n) is 11.3. The SMILES string of the molecule is O=CN(c1cc(Cl)ccc1Nc1nc(Cl)ncc1Cl)C1CC1. The molecule has 0 radical (unpaired) electrons. The number of rotatable bonds is 5. The standard InChI is InChI=1S/C14H11Cl3N4O/c15-8-1-4-11(12(5-8)21(7-22)9-2-3-9)19-13-10(16)6-18-14(17)20-13/h1,4-7,9H,2-3H2,(H,18,19,20). The Bertz CT molecular complexity index is 721. The van der Waals surface area contributed by atoms with Gasteiger partial charge in [-0.25, -0.2) is 4.98 Å². The number of carbonyl (C=O) groups is 1. The summed E-state index contributed by atoms with van der Waals surface area (Å²) in [6.07, 6.45) is 4.17. The largest absolute Gasteiger partial charge is 0.337 e. The van der Waals surface area contributed by atoms with Crippen LogP contribution in [0.1, 0.15) is 12.8 Å². The first-order valence-electron chi connectivity index (χ1n) is 6.56. The van der Waals surface area contributed by atoms with Crippen molar-refractivity contribution in [3.8, 4) is 0 Å². The number of amides is 1. The number of hydrogen-bond acceptors (Lipinski definition) is 4. The molecule has 0 atom stereocenters. The van der Waals surface area contributed by atoms with Gasteiger partial charge in [0.25, 0.3) is 0 Å². The Morgan fingerprint density at radius 2 is 2.05 bits per heavy atom. The maximum atomic E-state index is 11.4. The van der Waals surface area contributed by atoms with Crippen molar-refractivity contribution in [2.75, 3.05) is 10.2 Å². The first-order chi connectivity index (χ1) is 10.6. The zero-order valence-corrected chi connectivity index (χ0v) is 13.5. The summed E-state index contributed by atoms with van der Waals surface area (Å²) >= 11 is 17.9. The molecule has 3 rings (SSSR count). The number of nitrogens with zero attached hydrogens (tertiary/aromatic N) is 3. The third kappa shape index (κ3) is 3.27. The number of hydrogen-bond donors (Lipinski definition) is 1. The molecule has 114 valence electrons. The van der Waals surface area contributed by atoms with Crippen molar-refractivity contribution in [1.82, 2.24) is 9.97 Å². The molecule has 1 N–H and O–H groups in total. The van der Waals surface area contributed by atoms with Crippen molar-refractivity contribution < 1.29 is 4.79 Å². The molecule has 1 aliphatic carbocycles. The molecule has 1 amide bonds. The predicted molar refractivity (Wildman–Crippen MR) is 88.4 cm³/mol. The highest BCUT2D eigenvalue weighted by Gasteiger charge is 2.30. The summed E-state index contributed by atoms with van der Waals surface area (Å²) in [5.74, 6) is 0.367. The number of nitrogens with one attached hydrogen (secondary N) is 1. The number of carbonyl (C=O) groups excluding carboxylic acids is 1. The third-order valence-electron chi connectivity index (χ3n) is 3.26. The van der Waals surface area contributed by atoms with Gasteiger partial charge in [-0.15, -0.1) is 0 Å². The quantitative estimate of drug-likeness (QED) is 0.640. The lowest BCUT2D eigenvalue weighted by molar-refractivity contribution is -0.107. The van der Waals surface area contributed by atoms with Crippen LogP contribution in [0.15, 0.2) is 24.4 Å². The van der Waals surface area contributed by atoms with Gasteiger partial charge in [-0.05, 0) is 42.6 Å². The van der Waals surface area contributed by atoms with Crippen LogP contribution in [-0.4, -0.2) is 22.4 Å². The van der Waals surface area contributed by atoms with E-state index in [9.17, 15) is 4.79 Å². The second-order valence-corrected chi connectivity index (χ2v) is 6.05. The maximum absolute atomic E-state index is 11.4. The second kappa shape index (κ2) is 6.28. The zero-order chi connectivity index (χ0) is 15.7. The smallest absolute Gasteiger partial charge is 0.224 e. The van der Waals surface area contributed by atoms with Crippen LogP contribution in [0.2, 0.25) is 15.3 Å². The molecule has 1 fully saturated rings. The van der Waals surface area contributed by atoms with Gasteiger partial charge in [0.2, 0.25) is 11.7 Å². The average molecular weight is 358 g/mol. The Hall–Kier alpha value is -1.56. The fourth-order valence-electron chi connectivity index (χ4n) is 2.08. The van der Waals surface area contributed by atoms with Gasteiger partial charge in [-0.1, -0.05) is 23.2 Å². The Morgan fingerprint density at radius 3 is 2.73 bits per heavy atom. The van der Waals surface area contributed by atoms with E-state index in [4.69, 9.17) is 34.8 Å². The minimum Gasteiger partial charge on any atom is -0.337 e. The molecule has 0 spiro atoms. The molecule has 1 heterocycles. The van der Waals surface area contributed by atoms with Crippen LogP contribution in [-0.2, 0) is 4.79 Å². The Labute approximate surface area is 142 Å². The van der Waals surface area contributed by atoms with Crippen molar-refractivity contribution >= 4 is 58.4 Å². The Balaban J connectivity index is 1.99. The Kier molecular flexibility index (Phi) is 4.38. The molecule has 2 aromatic rings. The minimum atomic E-state index is 0.0804. The van der Waals surface area contributed by atoms with Gasteiger partial charge in [0, 0.05) is 11.1 Å². The fourth-order valence-corrected chi connectivity index (χ4v) is 2.52. The number of benzene rings is 1. The molecule has 8 heteroatoms. The van der Waals surface area contributed by atoms with E-state index in [0.717, 1.165) is 19.3 Å². The summed E-state index contributed by atoms with van der Waals surface area (Å²) in [4.78, 5) is 20.9. The highest BCUT2D eigenvalue weighted by atomic mass is 35.5. The van der Waals surface area contributed by atoms with Gasteiger partial charge in [-0.2, -0.15) is 4.98 Å². The van der Waals surface area contributed by atoms with Crippen molar-refractivity contribution in [2.45, 2.75) is 18.9 Å². The lowest BCUT2D eigenvalue weighted by Gasteiger charge is -2.21. The monoisotopic (exact) mass is 356 g/mol. The van der Waals surface area contributed by atoms with Crippen molar-refractivity contribution in [3.63, 3.8) is 0 Å². The molecule has 0 saturated heterocycles. The molecule has 0 bridgehead atoms. The van der Waals surface area contributed by atoms with Crippen LogP contribution < -0.4 is 10.2 Å².